The number of amides is 1. The molecule has 6 heteroatoms. The van der Waals surface area contributed by atoms with Gasteiger partial charge in [-0.15, -0.1) is 13.2 Å². The molecule has 0 aliphatic heterocycles. The summed E-state index contributed by atoms with van der Waals surface area (Å²) in [6.45, 7) is 5.66. The second-order valence-corrected chi connectivity index (χ2v) is 4.08. The molecule has 18 heavy (non-hydrogen) atoms. The zero-order valence-corrected chi connectivity index (χ0v) is 10.6. The fourth-order valence-corrected chi connectivity index (χ4v) is 1.10. The van der Waals surface area contributed by atoms with Crippen LogP contribution in [-0.4, -0.2) is 24.9 Å². The molecule has 104 valence electrons. The van der Waals surface area contributed by atoms with Crippen LogP contribution in [0.1, 0.15) is 27.2 Å². The lowest BCUT2D eigenvalue weighted by atomic mass is 10.1. The second-order valence-electron chi connectivity index (χ2n) is 4.08. The highest BCUT2D eigenvalue weighted by atomic mass is 19.4. The molecule has 0 bridgehead atoms. The number of nitrogens with one attached hydrogen (secondary N) is 1. The molecule has 0 aromatic rings. The van der Waals surface area contributed by atoms with E-state index in [9.17, 15) is 18.0 Å². The van der Waals surface area contributed by atoms with Crippen LogP contribution in [0.3, 0.4) is 0 Å². The summed E-state index contributed by atoms with van der Waals surface area (Å²) in [4.78, 5) is 9.50. The van der Waals surface area contributed by atoms with Gasteiger partial charge in [0, 0.05) is 6.04 Å². The van der Waals surface area contributed by atoms with Crippen molar-refractivity contribution in [3.05, 3.63) is 23.8 Å². The molecule has 1 N–H and O–H groups in total. The Bertz CT molecular complexity index is 309. The van der Waals surface area contributed by atoms with Gasteiger partial charge in [0.2, 0.25) is 6.41 Å². The smallest absolute Gasteiger partial charge is 0.357 e. The van der Waals surface area contributed by atoms with E-state index in [1.807, 2.05) is 20.8 Å². The molecule has 0 saturated carbocycles. The average molecular weight is 265 g/mol. The summed E-state index contributed by atoms with van der Waals surface area (Å²) in [6.07, 6.45) is 0.369. The first-order valence-electron chi connectivity index (χ1n) is 5.54. The van der Waals surface area contributed by atoms with Gasteiger partial charge in [0.05, 0.1) is 6.10 Å². The largest absolute Gasteiger partial charge is 0.523 e. The first-order chi connectivity index (χ1) is 8.24. The van der Waals surface area contributed by atoms with Crippen molar-refractivity contribution in [1.29, 1.82) is 0 Å². The van der Waals surface area contributed by atoms with Gasteiger partial charge in [0.15, 0.2) is 0 Å². The van der Waals surface area contributed by atoms with Gasteiger partial charge in [-0.25, -0.2) is 0 Å². The summed E-state index contributed by atoms with van der Waals surface area (Å²) in [5.41, 5.74) is 0.969. The summed E-state index contributed by atoms with van der Waals surface area (Å²) >= 11 is 0. The predicted octanol–water partition coefficient (Wildman–Crippen LogP) is 2.94. The summed E-state index contributed by atoms with van der Waals surface area (Å²) in [5.74, 6) is 0. The van der Waals surface area contributed by atoms with Crippen LogP contribution in [-0.2, 0) is 9.53 Å². The third kappa shape index (κ3) is 9.89. The Balaban J connectivity index is 0.000000411. The molecule has 1 amide bonds. The Hall–Kier alpha value is -1.30. The third-order valence-corrected chi connectivity index (χ3v) is 1.93. The highest BCUT2D eigenvalue weighted by Gasteiger charge is 2.32. The highest BCUT2D eigenvalue weighted by molar-refractivity contribution is 5.46. The van der Waals surface area contributed by atoms with E-state index in [0.29, 0.717) is 12.8 Å². The topological polar surface area (TPSA) is 38.3 Å². The van der Waals surface area contributed by atoms with E-state index in [0.717, 1.165) is 5.57 Å². The van der Waals surface area contributed by atoms with Crippen molar-refractivity contribution in [1.82, 2.24) is 5.32 Å². The maximum Gasteiger partial charge on any atom is 0.523 e. The number of rotatable bonds is 3. The van der Waals surface area contributed by atoms with E-state index in [1.54, 1.807) is 12.2 Å². The Morgan fingerprint density at radius 1 is 1.50 bits per heavy atom. The lowest BCUT2D eigenvalue weighted by molar-refractivity contribution is -0.336. The van der Waals surface area contributed by atoms with Crippen molar-refractivity contribution in [2.75, 3.05) is 0 Å². The molecule has 1 aliphatic carbocycles. The number of hydrogen-bond acceptors (Lipinski definition) is 2. The van der Waals surface area contributed by atoms with E-state index in [4.69, 9.17) is 0 Å². The highest BCUT2D eigenvalue weighted by Crippen LogP contribution is 2.23. The van der Waals surface area contributed by atoms with Gasteiger partial charge in [-0.3, -0.25) is 9.53 Å². The van der Waals surface area contributed by atoms with Crippen molar-refractivity contribution >= 4 is 6.41 Å². The van der Waals surface area contributed by atoms with Crippen molar-refractivity contribution in [2.24, 2.45) is 0 Å². The summed E-state index contributed by atoms with van der Waals surface area (Å²) in [7, 11) is 0. The van der Waals surface area contributed by atoms with Crippen molar-refractivity contribution in [3.63, 3.8) is 0 Å². The molecule has 0 saturated heterocycles. The molecule has 1 atom stereocenters. The van der Waals surface area contributed by atoms with Crippen molar-refractivity contribution < 1.29 is 22.7 Å². The van der Waals surface area contributed by atoms with Gasteiger partial charge in [0.1, 0.15) is 0 Å². The van der Waals surface area contributed by atoms with E-state index in [1.165, 1.54) is 6.08 Å². The Morgan fingerprint density at radius 3 is 2.39 bits per heavy atom. The quantitative estimate of drug-likeness (QED) is 0.797. The molecule has 3 nitrogen and oxygen atoms in total. The predicted molar refractivity (Wildman–Crippen MR) is 62.8 cm³/mol. The number of ether oxygens (including phenoxy) is 1. The van der Waals surface area contributed by atoms with E-state index in [2.05, 4.69) is 10.1 Å². The summed E-state index contributed by atoms with van der Waals surface area (Å²) < 4.78 is 38.8. The molecular formula is C12H18F3NO2. The third-order valence-electron chi connectivity index (χ3n) is 1.93. The number of alkyl halides is 3. The van der Waals surface area contributed by atoms with Crippen LogP contribution in [0.5, 0.6) is 0 Å². The molecule has 0 fully saturated rings. The van der Waals surface area contributed by atoms with Crippen molar-refractivity contribution in [2.45, 2.75) is 45.7 Å². The van der Waals surface area contributed by atoms with E-state index in [-0.39, 0.29) is 6.04 Å². The first kappa shape index (κ1) is 16.7. The van der Waals surface area contributed by atoms with Crippen LogP contribution in [0.2, 0.25) is 0 Å². The SMILES string of the molecule is CC(C)NC=O.CC1=CCC(OC(F)(F)F)C=C1. The maximum atomic E-state index is 11.7. The van der Waals surface area contributed by atoms with Gasteiger partial charge in [-0.05, 0) is 27.2 Å². The number of allylic oxidation sites excluding steroid dienone is 2. The minimum absolute atomic E-state index is 0.280. The van der Waals surface area contributed by atoms with Crippen LogP contribution >= 0.6 is 0 Å². The molecule has 1 aliphatic rings. The number of hydrogen-bond donors (Lipinski definition) is 1. The Labute approximate surface area is 105 Å². The second kappa shape index (κ2) is 7.92. The molecular weight excluding hydrogens is 247 g/mol. The van der Waals surface area contributed by atoms with Crippen LogP contribution in [0.4, 0.5) is 13.2 Å². The van der Waals surface area contributed by atoms with E-state index >= 15 is 0 Å². The van der Waals surface area contributed by atoms with Crippen molar-refractivity contribution in [3.8, 4) is 0 Å². The average Bonchev–Trinajstić information content (AvgIpc) is 2.20. The van der Waals surface area contributed by atoms with Gasteiger partial charge in [0.25, 0.3) is 0 Å². The minimum Gasteiger partial charge on any atom is -0.357 e. The normalized spacial score (nSPS) is 18.8. The van der Waals surface area contributed by atoms with Crippen LogP contribution < -0.4 is 5.32 Å². The molecule has 0 aromatic carbocycles. The standard InChI is InChI=1S/C8H9F3O.C4H9NO/c1-6-2-4-7(5-3-6)12-8(9,10)11;1-4(2)5-3-6/h2-4,7H,5H2,1H3;3-4H,1-2H3,(H,5,6). The number of halogens is 3. The molecule has 0 radical (unpaired) electrons. The summed E-state index contributed by atoms with van der Waals surface area (Å²) in [5, 5.41) is 2.53. The lowest BCUT2D eigenvalue weighted by Gasteiger charge is -2.17. The van der Waals surface area contributed by atoms with Gasteiger partial charge < -0.3 is 5.32 Å². The fraction of sp³-hybridized carbons (Fsp3) is 0.583. The van der Waals surface area contributed by atoms with Crippen LogP contribution in [0.15, 0.2) is 23.8 Å². The van der Waals surface area contributed by atoms with Gasteiger partial charge in [-0.2, -0.15) is 0 Å². The summed E-state index contributed by atoms with van der Waals surface area (Å²) in [6, 6.07) is 0.280. The zero-order chi connectivity index (χ0) is 14.2. The minimum atomic E-state index is -4.53. The number of carbonyl (C=O) groups is 1. The van der Waals surface area contributed by atoms with Gasteiger partial charge in [-0.1, -0.05) is 23.8 Å². The molecule has 1 rings (SSSR count). The first-order valence-corrected chi connectivity index (χ1v) is 5.54. The van der Waals surface area contributed by atoms with E-state index < -0.39 is 12.5 Å². The molecule has 0 spiro atoms. The molecule has 0 heterocycles. The van der Waals surface area contributed by atoms with Gasteiger partial charge >= 0.3 is 6.36 Å². The maximum absolute atomic E-state index is 11.7. The number of carbonyl (C=O) groups excluding carboxylic acids is 1. The molecule has 0 aromatic heterocycles. The Kier molecular flexibility index (Phi) is 7.35. The molecule has 1 unspecified atom stereocenters. The Morgan fingerprint density at radius 2 is 2.11 bits per heavy atom. The fourth-order valence-electron chi connectivity index (χ4n) is 1.10. The monoisotopic (exact) mass is 265 g/mol. The van der Waals surface area contributed by atoms with Crippen LogP contribution in [0, 0.1) is 0 Å². The van der Waals surface area contributed by atoms with Crippen LogP contribution in [0.25, 0.3) is 0 Å². The lowest BCUT2D eigenvalue weighted by Crippen LogP contribution is -2.22. The zero-order valence-electron chi connectivity index (χ0n) is 10.6.